The van der Waals surface area contributed by atoms with Crippen molar-refractivity contribution in [2.45, 2.75) is 258 Å². The van der Waals surface area contributed by atoms with E-state index in [0.29, 0.717) is 19.8 Å². The molecule has 4 heteroatoms. The molecular formula is C63H109NO3. The average molecular weight is 929 g/mol. The van der Waals surface area contributed by atoms with Crippen LogP contribution >= 0.6 is 0 Å². The van der Waals surface area contributed by atoms with E-state index < -0.39 is 0 Å². The molecule has 1 rings (SSSR count). The predicted octanol–water partition coefficient (Wildman–Crippen LogP) is 20.3. The molecule has 0 bridgehead atoms. The van der Waals surface area contributed by atoms with E-state index in [-0.39, 0.29) is 0 Å². The van der Waals surface area contributed by atoms with Gasteiger partial charge in [-0.25, -0.2) is 0 Å². The van der Waals surface area contributed by atoms with Crippen LogP contribution in [-0.4, -0.2) is 38.8 Å². The Morgan fingerprint density at radius 3 is 0.896 bits per heavy atom. The summed E-state index contributed by atoms with van der Waals surface area (Å²) >= 11 is 0. The van der Waals surface area contributed by atoms with E-state index in [1.165, 1.54) is 198 Å². The minimum atomic E-state index is 0.699. The van der Waals surface area contributed by atoms with Crippen molar-refractivity contribution in [1.82, 2.24) is 4.90 Å². The molecule has 0 atom stereocenters. The van der Waals surface area contributed by atoms with E-state index in [4.69, 9.17) is 14.2 Å². The van der Waals surface area contributed by atoms with Gasteiger partial charge in [-0.05, 0) is 147 Å². The molecule has 0 aliphatic rings. The second-order valence-electron chi connectivity index (χ2n) is 19.5. The number of benzene rings is 1. The summed E-state index contributed by atoms with van der Waals surface area (Å²) in [5.74, 6) is 2.52. The quantitative estimate of drug-likeness (QED) is 0.0481. The zero-order chi connectivity index (χ0) is 48.2. The Balaban J connectivity index is 2.60. The molecule has 0 amide bonds. The molecule has 0 aliphatic carbocycles. The van der Waals surface area contributed by atoms with Crippen LogP contribution in [0.3, 0.4) is 0 Å². The fourth-order valence-electron chi connectivity index (χ4n) is 8.25. The van der Waals surface area contributed by atoms with E-state index >= 15 is 0 Å². The van der Waals surface area contributed by atoms with Crippen LogP contribution in [0.5, 0.6) is 17.2 Å². The molecular weight excluding hydrogens is 819 g/mol. The lowest BCUT2D eigenvalue weighted by Crippen LogP contribution is -2.12. The first-order valence-electron chi connectivity index (χ1n) is 28.7. The zero-order valence-electron chi connectivity index (χ0n) is 45.0. The van der Waals surface area contributed by atoms with Gasteiger partial charge in [0.2, 0.25) is 5.75 Å². The molecule has 67 heavy (non-hydrogen) atoms. The molecule has 0 spiro atoms. The van der Waals surface area contributed by atoms with Gasteiger partial charge in [0.1, 0.15) is 0 Å². The summed E-state index contributed by atoms with van der Waals surface area (Å²) < 4.78 is 19.8. The predicted molar refractivity (Wildman–Crippen MR) is 298 cm³/mol. The lowest BCUT2D eigenvalue weighted by atomic mass is 10.1. The SMILES string of the molecule is CCCCCC=CCC=CCCCCCCCCOc1cc(CN(C)C)cc(OCCCCCCCCC=CCC=CCCCCC)c1OCCCCCCCCC=CCC=CCCCCC. The monoisotopic (exact) mass is 928 g/mol. The number of nitrogens with zero attached hydrogens (tertiary/aromatic N) is 1. The highest BCUT2D eigenvalue weighted by molar-refractivity contribution is 5.54. The Morgan fingerprint density at radius 1 is 0.328 bits per heavy atom. The van der Waals surface area contributed by atoms with Crippen molar-refractivity contribution in [2.75, 3.05) is 33.9 Å². The minimum Gasteiger partial charge on any atom is -0.490 e. The fourth-order valence-corrected chi connectivity index (χ4v) is 8.25. The first-order valence-corrected chi connectivity index (χ1v) is 28.7. The van der Waals surface area contributed by atoms with Crippen LogP contribution in [0, 0.1) is 0 Å². The second kappa shape index (κ2) is 50.9. The normalized spacial score (nSPS) is 12.3. The Labute approximate surface area is 417 Å². The van der Waals surface area contributed by atoms with Gasteiger partial charge in [-0.3, -0.25) is 0 Å². The molecule has 1 aromatic carbocycles. The highest BCUT2D eigenvalue weighted by Gasteiger charge is 2.17. The zero-order valence-corrected chi connectivity index (χ0v) is 45.0. The first-order chi connectivity index (χ1) is 33.1. The summed E-state index contributed by atoms with van der Waals surface area (Å²) in [6, 6.07) is 4.41. The lowest BCUT2D eigenvalue weighted by molar-refractivity contribution is 0.233. The van der Waals surface area contributed by atoms with Gasteiger partial charge in [-0.1, -0.05) is 209 Å². The van der Waals surface area contributed by atoms with Crippen molar-refractivity contribution >= 4 is 0 Å². The minimum absolute atomic E-state index is 0.699. The van der Waals surface area contributed by atoms with E-state index in [9.17, 15) is 0 Å². The van der Waals surface area contributed by atoms with Crippen LogP contribution in [0.1, 0.15) is 257 Å². The van der Waals surface area contributed by atoms with Gasteiger partial charge < -0.3 is 19.1 Å². The van der Waals surface area contributed by atoms with Crippen molar-refractivity contribution in [1.29, 1.82) is 0 Å². The maximum atomic E-state index is 6.62. The van der Waals surface area contributed by atoms with Gasteiger partial charge in [0.25, 0.3) is 0 Å². The summed E-state index contributed by atoms with van der Waals surface area (Å²) in [6.07, 6.45) is 73.0. The summed E-state index contributed by atoms with van der Waals surface area (Å²) in [7, 11) is 4.26. The molecule has 0 saturated heterocycles. The van der Waals surface area contributed by atoms with Crippen LogP contribution in [0.4, 0.5) is 0 Å². The highest BCUT2D eigenvalue weighted by Crippen LogP contribution is 2.40. The molecule has 384 valence electrons. The van der Waals surface area contributed by atoms with E-state index in [1.54, 1.807) is 0 Å². The fraction of sp³-hybridized carbons (Fsp3) is 0.714. The van der Waals surface area contributed by atoms with Crippen LogP contribution in [-0.2, 0) is 6.54 Å². The van der Waals surface area contributed by atoms with Gasteiger partial charge in [0.05, 0.1) is 19.8 Å². The van der Waals surface area contributed by atoms with Gasteiger partial charge in [0.15, 0.2) is 11.5 Å². The largest absolute Gasteiger partial charge is 0.490 e. The summed E-state index contributed by atoms with van der Waals surface area (Å²) in [6.45, 7) is 9.78. The Morgan fingerprint density at radius 2 is 0.597 bits per heavy atom. The number of hydrogen-bond acceptors (Lipinski definition) is 4. The van der Waals surface area contributed by atoms with Crippen molar-refractivity contribution in [3.8, 4) is 17.2 Å². The van der Waals surface area contributed by atoms with Gasteiger partial charge >= 0.3 is 0 Å². The van der Waals surface area contributed by atoms with Crippen LogP contribution in [0.15, 0.2) is 85.0 Å². The molecule has 0 N–H and O–H groups in total. The van der Waals surface area contributed by atoms with Crippen LogP contribution in [0.2, 0.25) is 0 Å². The topological polar surface area (TPSA) is 30.9 Å². The van der Waals surface area contributed by atoms with Crippen LogP contribution < -0.4 is 14.2 Å². The molecule has 1 aromatic rings. The number of rotatable bonds is 50. The number of hydrogen-bond donors (Lipinski definition) is 0. The highest BCUT2D eigenvalue weighted by atomic mass is 16.5. The summed E-state index contributed by atoms with van der Waals surface area (Å²) in [5, 5.41) is 0. The maximum Gasteiger partial charge on any atom is 0.203 e. The third-order valence-corrected chi connectivity index (χ3v) is 12.4. The average Bonchev–Trinajstić information content (AvgIpc) is 3.32. The standard InChI is InChI=1S/C63H109NO3/c1-6-9-12-15-18-21-24-27-30-33-36-39-42-45-48-51-54-65-61-57-60(59-64(4)5)58-62(66-55-52-49-46-43-40-37-34-31-28-25-22-19-16-13-10-7-2)63(61)67-56-53-50-47-44-41-38-35-32-29-26-23-20-17-14-11-8-3/h18-23,27-32,57-58H,6-17,24-26,33-56,59H2,1-5H3. The van der Waals surface area contributed by atoms with Crippen molar-refractivity contribution < 1.29 is 14.2 Å². The molecule has 0 radical (unpaired) electrons. The van der Waals surface area contributed by atoms with Crippen molar-refractivity contribution in [3.05, 3.63) is 90.6 Å². The molecule has 0 heterocycles. The third-order valence-electron chi connectivity index (χ3n) is 12.4. The molecule has 0 saturated carbocycles. The van der Waals surface area contributed by atoms with Gasteiger partial charge in [0, 0.05) is 6.54 Å². The summed E-state index contributed by atoms with van der Waals surface area (Å²) in [4.78, 5) is 2.22. The number of unbranched alkanes of at least 4 members (excludes halogenated alkanes) is 27. The third kappa shape index (κ3) is 42.8. The number of ether oxygens (including phenoxy) is 3. The molecule has 4 nitrogen and oxygen atoms in total. The van der Waals surface area contributed by atoms with E-state index in [0.717, 1.165) is 62.3 Å². The Hall–Kier alpha value is -2.98. The first kappa shape index (κ1) is 62.0. The van der Waals surface area contributed by atoms with E-state index in [1.807, 2.05) is 0 Å². The molecule has 0 fully saturated rings. The smallest absolute Gasteiger partial charge is 0.203 e. The van der Waals surface area contributed by atoms with Gasteiger partial charge in [-0.15, -0.1) is 0 Å². The molecule has 0 aromatic heterocycles. The molecule has 0 unspecified atom stereocenters. The second-order valence-corrected chi connectivity index (χ2v) is 19.5. The van der Waals surface area contributed by atoms with Gasteiger partial charge in [-0.2, -0.15) is 0 Å². The molecule has 0 aliphatic heterocycles. The lowest BCUT2D eigenvalue weighted by Gasteiger charge is -2.20. The number of allylic oxidation sites excluding steroid dienone is 12. The maximum absolute atomic E-state index is 6.62. The van der Waals surface area contributed by atoms with Crippen molar-refractivity contribution in [3.63, 3.8) is 0 Å². The van der Waals surface area contributed by atoms with Crippen LogP contribution in [0.25, 0.3) is 0 Å². The Kier molecular flexibility index (Phi) is 47.1. The van der Waals surface area contributed by atoms with E-state index in [2.05, 4.69) is 125 Å². The van der Waals surface area contributed by atoms with Crippen molar-refractivity contribution in [2.24, 2.45) is 0 Å². The Bertz CT molecular complexity index is 1300. The summed E-state index contributed by atoms with van der Waals surface area (Å²) in [5.41, 5.74) is 1.21.